The van der Waals surface area contributed by atoms with E-state index in [2.05, 4.69) is 5.32 Å². The van der Waals surface area contributed by atoms with Crippen LogP contribution in [0.25, 0.3) is 10.1 Å². The Morgan fingerprint density at radius 2 is 1.92 bits per heavy atom. The third kappa shape index (κ3) is 3.83. The van der Waals surface area contributed by atoms with E-state index in [1.54, 1.807) is 0 Å². The van der Waals surface area contributed by atoms with Crippen LogP contribution < -0.4 is 5.32 Å². The predicted octanol–water partition coefficient (Wildman–Crippen LogP) is 4.97. The summed E-state index contributed by atoms with van der Waals surface area (Å²) in [5.41, 5.74) is 2.76. The van der Waals surface area contributed by atoms with Gasteiger partial charge in [0.05, 0.1) is 5.02 Å². The third-order valence-electron chi connectivity index (χ3n) is 3.71. The van der Waals surface area contributed by atoms with E-state index in [1.807, 2.05) is 56.3 Å². The van der Waals surface area contributed by atoms with Crippen molar-refractivity contribution in [1.82, 2.24) is 0 Å². The van der Waals surface area contributed by atoms with Crippen molar-refractivity contribution in [1.29, 1.82) is 0 Å². The topological polar surface area (TPSA) is 55.4 Å². The summed E-state index contributed by atoms with van der Waals surface area (Å²) in [7, 11) is 0. The molecule has 1 amide bonds. The van der Waals surface area contributed by atoms with Crippen LogP contribution in [0, 0.1) is 13.8 Å². The molecule has 3 aromatic rings. The summed E-state index contributed by atoms with van der Waals surface area (Å²) < 4.78 is 6.01. The first-order valence-corrected chi connectivity index (χ1v) is 8.86. The molecule has 0 aliphatic rings. The molecule has 128 valence electrons. The molecule has 0 saturated carbocycles. The standard InChI is InChI=1S/C19H16ClNO3S/c1-11-7-8-14(12(2)9-11)21-16(22)10-24-19(23)18-17(20)13-5-3-4-6-15(13)25-18/h3-9H,10H2,1-2H3,(H,21,22). The van der Waals surface area contributed by atoms with Crippen molar-refractivity contribution >= 4 is 50.6 Å². The predicted molar refractivity (Wildman–Crippen MR) is 102 cm³/mol. The maximum Gasteiger partial charge on any atom is 0.350 e. The lowest BCUT2D eigenvalue weighted by Gasteiger charge is -2.09. The number of thiophene rings is 1. The Labute approximate surface area is 154 Å². The van der Waals surface area contributed by atoms with Gasteiger partial charge < -0.3 is 10.1 Å². The number of fused-ring (bicyclic) bond motifs is 1. The molecule has 6 heteroatoms. The van der Waals surface area contributed by atoms with Crippen molar-refractivity contribution in [2.45, 2.75) is 13.8 Å². The van der Waals surface area contributed by atoms with Crippen molar-refractivity contribution in [2.24, 2.45) is 0 Å². The van der Waals surface area contributed by atoms with Crippen LogP contribution in [0.15, 0.2) is 42.5 Å². The average Bonchev–Trinajstić information content (AvgIpc) is 2.93. The zero-order valence-electron chi connectivity index (χ0n) is 13.8. The molecule has 2 aromatic carbocycles. The van der Waals surface area contributed by atoms with Crippen LogP contribution in [0.3, 0.4) is 0 Å². The van der Waals surface area contributed by atoms with Crippen LogP contribution in [0.1, 0.15) is 20.8 Å². The van der Waals surface area contributed by atoms with E-state index in [0.29, 0.717) is 15.6 Å². The molecule has 1 N–H and O–H groups in total. The molecule has 0 spiro atoms. The van der Waals surface area contributed by atoms with E-state index >= 15 is 0 Å². The van der Waals surface area contributed by atoms with Crippen molar-refractivity contribution in [3.05, 3.63) is 63.5 Å². The molecule has 25 heavy (non-hydrogen) atoms. The minimum Gasteiger partial charge on any atom is -0.451 e. The van der Waals surface area contributed by atoms with Gasteiger partial charge in [0.1, 0.15) is 4.88 Å². The molecule has 0 unspecified atom stereocenters. The summed E-state index contributed by atoms with van der Waals surface area (Å²) >= 11 is 7.50. The molecule has 1 aromatic heterocycles. The van der Waals surface area contributed by atoms with Gasteiger partial charge in [0.2, 0.25) is 0 Å². The number of benzene rings is 2. The molecule has 3 rings (SSSR count). The maximum atomic E-state index is 12.2. The minimum atomic E-state index is -0.595. The largest absolute Gasteiger partial charge is 0.451 e. The van der Waals surface area contributed by atoms with Gasteiger partial charge in [0, 0.05) is 15.8 Å². The smallest absolute Gasteiger partial charge is 0.350 e. The van der Waals surface area contributed by atoms with Gasteiger partial charge in [-0.15, -0.1) is 11.3 Å². The number of aryl methyl sites for hydroxylation is 2. The molecule has 0 bridgehead atoms. The van der Waals surface area contributed by atoms with Gasteiger partial charge >= 0.3 is 5.97 Å². The first-order valence-electron chi connectivity index (χ1n) is 7.67. The summed E-state index contributed by atoms with van der Waals surface area (Å²) in [5.74, 6) is -0.987. The van der Waals surface area contributed by atoms with E-state index in [0.717, 1.165) is 21.2 Å². The van der Waals surface area contributed by atoms with Gasteiger partial charge in [-0.25, -0.2) is 4.79 Å². The second-order valence-corrected chi connectivity index (χ2v) is 7.11. The van der Waals surface area contributed by atoms with Gasteiger partial charge in [0.25, 0.3) is 5.91 Å². The van der Waals surface area contributed by atoms with Crippen LogP contribution in [0.5, 0.6) is 0 Å². The number of carbonyl (C=O) groups is 2. The fourth-order valence-corrected chi connectivity index (χ4v) is 3.88. The maximum absolute atomic E-state index is 12.2. The fraction of sp³-hybridized carbons (Fsp3) is 0.158. The van der Waals surface area contributed by atoms with Gasteiger partial charge in [-0.3, -0.25) is 4.79 Å². The van der Waals surface area contributed by atoms with E-state index in [-0.39, 0.29) is 6.61 Å². The van der Waals surface area contributed by atoms with Gasteiger partial charge in [0.15, 0.2) is 6.61 Å². The SMILES string of the molecule is Cc1ccc(NC(=O)COC(=O)c2sc3ccccc3c2Cl)c(C)c1. The van der Waals surface area contributed by atoms with Crippen LogP contribution in [0.4, 0.5) is 5.69 Å². The Bertz CT molecular complexity index is 964. The highest BCUT2D eigenvalue weighted by molar-refractivity contribution is 7.21. The van der Waals surface area contributed by atoms with Gasteiger partial charge in [-0.05, 0) is 31.5 Å². The number of rotatable bonds is 4. The lowest BCUT2D eigenvalue weighted by atomic mass is 10.1. The molecule has 0 radical (unpaired) electrons. The lowest BCUT2D eigenvalue weighted by molar-refractivity contribution is -0.119. The summed E-state index contributed by atoms with van der Waals surface area (Å²) in [6.45, 7) is 3.53. The first-order chi connectivity index (χ1) is 12.0. The molecular weight excluding hydrogens is 358 g/mol. The summed E-state index contributed by atoms with van der Waals surface area (Å²) in [4.78, 5) is 24.6. The van der Waals surface area contributed by atoms with Crippen molar-refractivity contribution < 1.29 is 14.3 Å². The third-order valence-corrected chi connectivity index (χ3v) is 5.37. The number of esters is 1. The molecular formula is C19H16ClNO3S. The second kappa shape index (κ2) is 7.25. The highest BCUT2D eigenvalue weighted by Gasteiger charge is 2.19. The minimum absolute atomic E-state index is 0.308. The molecule has 0 saturated heterocycles. The fourth-order valence-electron chi connectivity index (χ4n) is 2.48. The lowest BCUT2D eigenvalue weighted by Crippen LogP contribution is -2.21. The van der Waals surface area contributed by atoms with E-state index in [1.165, 1.54) is 11.3 Å². The molecule has 0 aliphatic heterocycles. The number of halogens is 1. The van der Waals surface area contributed by atoms with Crippen molar-refractivity contribution in [3.8, 4) is 0 Å². The van der Waals surface area contributed by atoms with Crippen molar-refractivity contribution in [3.63, 3.8) is 0 Å². The van der Waals surface area contributed by atoms with Crippen LogP contribution in [-0.2, 0) is 9.53 Å². The number of nitrogens with one attached hydrogen (secondary N) is 1. The molecule has 1 heterocycles. The Balaban J connectivity index is 1.65. The second-order valence-electron chi connectivity index (χ2n) is 5.68. The van der Waals surface area contributed by atoms with E-state index < -0.39 is 11.9 Å². The average molecular weight is 374 g/mol. The highest BCUT2D eigenvalue weighted by atomic mass is 35.5. The molecule has 0 aliphatic carbocycles. The normalized spacial score (nSPS) is 10.7. The molecule has 0 fully saturated rings. The quantitative estimate of drug-likeness (QED) is 0.657. The Morgan fingerprint density at radius 3 is 2.64 bits per heavy atom. The zero-order valence-corrected chi connectivity index (χ0v) is 15.3. The van der Waals surface area contributed by atoms with E-state index in [4.69, 9.17) is 16.3 Å². The van der Waals surface area contributed by atoms with Crippen LogP contribution in [-0.4, -0.2) is 18.5 Å². The molecule has 0 atom stereocenters. The van der Waals surface area contributed by atoms with Crippen LogP contribution >= 0.6 is 22.9 Å². The highest BCUT2D eigenvalue weighted by Crippen LogP contribution is 2.35. The number of carbonyl (C=O) groups excluding carboxylic acids is 2. The number of hydrogen-bond acceptors (Lipinski definition) is 4. The van der Waals surface area contributed by atoms with Gasteiger partial charge in [-0.2, -0.15) is 0 Å². The van der Waals surface area contributed by atoms with E-state index in [9.17, 15) is 9.59 Å². The summed E-state index contributed by atoms with van der Waals surface area (Å²) in [6, 6.07) is 13.2. The number of hydrogen-bond donors (Lipinski definition) is 1. The molecule has 4 nitrogen and oxygen atoms in total. The number of amides is 1. The summed E-state index contributed by atoms with van der Waals surface area (Å²) in [5, 5.41) is 3.91. The number of anilines is 1. The summed E-state index contributed by atoms with van der Waals surface area (Å²) in [6.07, 6.45) is 0. The first kappa shape index (κ1) is 17.5. The van der Waals surface area contributed by atoms with Crippen molar-refractivity contribution in [2.75, 3.05) is 11.9 Å². The van der Waals surface area contributed by atoms with Crippen LogP contribution in [0.2, 0.25) is 5.02 Å². The Kier molecular flexibility index (Phi) is 5.06. The Morgan fingerprint density at radius 1 is 1.16 bits per heavy atom. The monoisotopic (exact) mass is 373 g/mol. The number of ether oxygens (including phenoxy) is 1. The zero-order chi connectivity index (χ0) is 18.0. The van der Waals surface area contributed by atoms with Gasteiger partial charge in [-0.1, -0.05) is 47.5 Å². The Hall–Kier alpha value is -2.37.